The summed E-state index contributed by atoms with van der Waals surface area (Å²) in [5.41, 5.74) is 2.71. The molecule has 1 aliphatic carbocycles. The van der Waals surface area contributed by atoms with Crippen LogP contribution in [0.25, 0.3) is 33.4 Å². The van der Waals surface area contributed by atoms with Gasteiger partial charge < -0.3 is 14.4 Å². The Kier molecular flexibility index (Phi) is 6.73. The molecule has 0 bridgehead atoms. The first-order valence-corrected chi connectivity index (χ1v) is 12.6. The number of amides is 1. The lowest BCUT2D eigenvalue weighted by atomic mass is 9.92. The van der Waals surface area contributed by atoms with Crippen LogP contribution in [0.5, 0.6) is 5.75 Å². The highest BCUT2D eigenvalue weighted by molar-refractivity contribution is 6.33. The number of nitrogens with zero attached hydrogens (tertiary/aromatic N) is 1. The Hall–Kier alpha value is -3.35. The predicted octanol–water partition coefficient (Wildman–Crippen LogP) is 6.55. The zero-order valence-electron chi connectivity index (χ0n) is 19.4. The fourth-order valence-electron chi connectivity index (χ4n) is 4.71. The van der Waals surface area contributed by atoms with Gasteiger partial charge in [0.05, 0.1) is 10.0 Å². The van der Waals surface area contributed by atoms with Crippen LogP contribution in [0.1, 0.15) is 42.5 Å². The van der Waals surface area contributed by atoms with E-state index in [4.69, 9.17) is 27.6 Å². The number of carbonyl (C=O) groups excluding carboxylic acids is 2. The summed E-state index contributed by atoms with van der Waals surface area (Å²) in [6, 6.07) is 13.1. The Labute approximate surface area is 217 Å². The first-order valence-electron chi connectivity index (χ1n) is 11.8. The van der Waals surface area contributed by atoms with E-state index < -0.39 is 0 Å². The minimum atomic E-state index is -0.369. The standard InChI is InChI=1S/C28H23Cl2NO5/c29-20-12-18-25(14-23(20)33)36-26-15-24(34)21(30)13-19(26)28(18)17-8-6-16(7-9-17)22(32)4-1-2-10-31-11-3-5-27(31)35/h6-9,12-15,33H,1-5,10-11H2. The molecule has 5 rings (SSSR count). The van der Waals surface area contributed by atoms with E-state index in [1.54, 1.807) is 24.3 Å². The van der Waals surface area contributed by atoms with Gasteiger partial charge in [-0.05, 0) is 37.0 Å². The minimum absolute atomic E-state index is 0.0408. The van der Waals surface area contributed by atoms with E-state index in [0.29, 0.717) is 47.2 Å². The number of phenolic OH excluding ortho intramolecular Hbond substituents is 1. The third kappa shape index (κ3) is 4.71. The Morgan fingerprint density at radius 2 is 1.78 bits per heavy atom. The number of halogens is 2. The number of hydrogen-bond donors (Lipinski definition) is 1. The van der Waals surface area contributed by atoms with Gasteiger partial charge in [-0.2, -0.15) is 0 Å². The highest BCUT2D eigenvalue weighted by Crippen LogP contribution is 2.43. The Morgan fingerprint density at radius 3 is 2.50 bits per heavy atom. The molecule has 3 aliphatic rings. The second kappa shape index (κ2) is 9.96. The molecule has 6 nitrogen and oxygen atoms in total. The van der Waals surface area contributed by atoms with Crippen molar-refractivity contribution in [3.05, 3.63) is 74.4 Å². The van der Waals surface area contributed by atoms with Crippen molar-refractivity contribution in [2.45, 2.75) is 32.1 Å². The second-order valence-electron chi connectivity index (χ2n) is 9.00. The van der Waals surface area contributed by atoms with Crippen LogP contribution in [-0.4, -0.2) is 34.8 Å². The van der Waals surface area contributed by atoms with Crippen LogP contribution >= 0.6 is 23.2 Å². The van der Waals surface area contributed by atoms with Crippen LogP contribution < -0.4 is 5.43 Å². The fraction of sp³-hybridized carbons (Fsp3) is 0.250. The van der Waals surface area contributed by atoms with Gasteiger partial charge in [-0.3, -0.25) is 14.4 Å². The van der Waals surface area contributed by atoms with Crippen molar-refractivity contribution < 1.29 is 19.1 Å². The van der Waals surface area contributed by atoms with Crippen LogP contribution in [0, 0.1) is 0 Å². The zero-order chi connectivity index (χ0) is 25.4. The van der Waals surface area contributed by atoms with Crippen molar-refractivity contribution in [3.8, 4) is 28.2 Å². The Bertz CT molecular complexity index is 1510. The molecule has 0 saturated carbocycles. The van der Waals surface area contributed by atoms with Crippen molar-refractivity contribution >= 4 is 45.9 Å². The molecule has 8 heteroatoms. The predicted molar refractivity (Wildman–Crippen MR) is 140 cm³/mol. The van der Waals surface area contributed by atoms with E-state index in [1.807, 2.05) is 17.0 Å². The largest absolute Gasteiger partial charge is 0.506 e. The summed E-state index contributed by atoms with van der Waals surface area (Å²) < 4.78 is 5.88. The number of hydrogen-bond acceptors (Lipinski definition) is 5. The number of fused-ring (bicyclic) bond motifs is 2. The highest BCUT2D eigenvalue weighted by Gasteiger charge is 2.21. The number of rotatable bonds is 7. The number of unbranched alkanes of at least 4 members (excludes halogenated alkanes) is 1. The first-order chi connectivity index (χ1) is 17.3. The summed E-state index contributed by atoms with van der Waals surface area (Å²) in [6.07, 6.45) is 3.48. The molecule has 2 heterocycles. The molecule has 1 N–H and O–H groups in total. The van der Waals surface area contributed by atoms with E-state index in [-0.39, 0.29) is 32.9 Å². The van der Waals surface area contributed by atoms with Crippen molar-refractivity contribution in [1.82, 2.24) is 4.90 Å². The van der Waals surface area contributed by atoms with Crippen LogP contribution in [0.2, 0.25) is 10.0 Å². The lowest BCUT2D eigenvalue weighted by Crippen LogP contribution is -2.25. The molecular formula is C28H23Cl2NO5. The number of carbonyl (C=O) groups is 2. The molecule has 0 atom stereocenters. The third-order valence-electron chi connectivity index (χ3n) is 6.59. The molecule has 0 unspecified atom stereocenters. The Balaban J connectivity index is 1.43. The number of likely N-dealkylation sites (tertiary alicyclic amines) is 1. The van der Waals surface area contributed by atoms with Gasteiger partial charge in [-0.25, -0.2) is 0 Å². The van der Waals surface area contributed by atoms with E-state index in [0.717, 1.165) is 36.9 Å². The Morgan fingerprint density at radius 1 is 1.00 bits per heavy atom. The topological polar surface area (TPSA) is 87.8 Å². The van der Waals surface area contributed by atoms with Crippen molar-refractivity contribution in [2.75, 3.05) is 13.1 Å². The smallest absolute Gasteiger partial charge is 0.222 e. The fourth-order valence-corrected chi connectivity index (χ4v) is 5.03. The highest BCUT2D eigenvalue weighted by atomic mass is 35.5. The van der Waals surface area contributed by atoms with Gasteiger partial charge in [0.2, 0.25) is 11.3 Å². The van der Waals surface area contributed by atoms with E-state index in [1.165, 1.54) is 12.1 Å². The molecule has 1 fully saturated rings. The van der Waals surface area contributed by atoms with Gasteiger partial charge in [0.1, 0.15) is 17.1 Å². The van der Waals surface area contributed by atoms with Crippen LogP contribution in [0.4, 0.5) is 0 Å². The lowest BCUT2D eigenvalue weighted by molar-refractivity contribution is -0.127. The average molecular weight is 524 g/mol. The first kappa shape index (κ1) is 24.3. The average Bonchev–Trinajstić information content (AvgIpc) is 3.27. The minimum Gasteiger partial charge on any atom is -0.506 e. The van der Waals surface area contributed by atoms with Crippen LogP contribution in [0.15, 0.2) is 57.7 Å². The molecule has 2 aromatic rings. The molecule has 2 aliphatic heterocycles. The summed E-state index contributed by atoms with van der Waals surface area (Å²) >= 11 is 12.3. The van der Waals surface area contributed by atoms with Gasteiger partial charge in [-0.15, -0.1) is 0 Å². The monoisotopic (exact) mass is 523 g/mol. The maximum atomic E-state index is 12.7. The number of aromatic hydroxyl groups is 1. The molecule has 0 radical (unpaired) electrons. The van der Waals surface area contributed by atoms with E-state index in [2.05, 4.69) is 0 Å². The van der Waals surface area contributed by atoms with E-state index in [9.17, 15) is 19.5 Å². The molecule has 1 saturated heterocycles. The summed E-state index contributed by atoms with van der Waals surface area (Å²) in [5.74, 6) is 0.434. The lowest BCUT2D eigenvalue weighted by Gasteiger charge is -2.16. The maximum Gasteiger partial charge on any atom is 0.222 e. The normalized spacial score (nSPS) is 13.7. The molecule has 1 amide bonds. The SMILES string of the molecule is O=C(CCCCN1CCCC1=O)c1ccc(-c2c3cc(Cl)c(=O)cc-3oc3cc(O)c(Cl)cc23)cc1. The van der Waals surface area contributed by atoms with Gasteiger partial charge in [-0.1, -0.05) is 47.5 Å². The molecule has 0 aromatic heterocycles. The number of benzene rings is 3. The molecule has 0 spiro atoms. The summed E-state index contributed by atoms with van der Waals surface area (Å²) in [6.45, 7) is 1.52. The molecule has 184 valence electrons. The summed E-state index contributed by atoms with van der Waals surface area (Å²) in [7, 11) is 0. The number of phenols is 1. The van der Waals surface area contributed by atoms with Gasteiger partial charge in [0.15, 0.2) is 5.78 Å². The number of Topliss-reactive ketones (excluding diaryl/α,β-unsaturated/α-hetero) is 1. The summed E-state index contributed by atoms with van der Waals surface area (Å²) in [4.78, 5) is 38.5. The van der Waals surface area contributed by atoms with Crippen molar-refractivity contribution in [3.63, 3.8) is 0 Å². The van der Waals surface area contributed by atoms with Gasteiger partial charge >= 0.3 is 0 Å². The quantitative estimate of drug-likeness (QED) is 0.168. The number of ketones is 1. The molecule has 36 heavy (non-hydrogen) atoms. The second-order valence-corrected chi connectivity index (χ2v) is 9.81. The van der Waals surface area contributed by atoms with Gasteiger partial charge in [0.25, 0.3) is 0 Å². The molecular weight excluding hydrogens is 501 g/mol. The van der Waals surface area contributed by atoms with Crippen LogP contribution in [-0.2, 0) is 4.79 Å². The van der Waals surface area contributed by atoms with Gasteiger partial charge in [0, 0.05) is 60.1 Å². The summed E-state index contributed by atoms with van der Waals surface area (Å²) in [5, 5.41) is 10.9. The van der Waals surface area contributed by atoms with Crippen molar-refractivity contribution in [1.29, 1.82) is 0 Å². The third-order valence-corrected chi connectivity index (χ3v) is 7.19. The zero-order valence-corrected chi connectivity index (χ0v) is 20.9. The van der Waals surface area contributed by atoms with Crippen LogP contribution in [0.3, 0.4) is 0 Å². The van der Waals surface area contributed by atoms with E-state index >= 15 is 0 Å². The van der Waals surface area contributed by atoms with Crippen molar-refractivity contribution in [2.24, 2.45) is 0 Å². The molecule has 2 aromatic carbocycles. The maximum absolute atomic E-state index is 12.7.